The van der Waals surface area contributed by atoms with Crippen molar-refractivity contribution in [1.82, 2.24) is 0 Å². The van der Waals surface area contributed by atoms with Crippen LogP contribution in [0.3, 0.4) is 0 Å². The number of hydrogen-bond donors (Lipinski definition) is 1. The molecule has 0 radical (unpaired) electrons. The molecule has 0 saturated heterocycles. The SMILES string of the molecule is CC(N)Cc1ccc(C(Cl)Cl)cc1. The fourth-order valence-corrected chi connectivity index (χ4v) is 1.46. The van der Waals surface area contributed by atoms with Crippen molar-refractivity contribution in [2.24, 2.45) is 5.73 Å². The van der Waals surface area contributed by atoms with E-state index in [0.29, 0.717) is 0 Å². The van der Waals surface area contributed by atoms with Gasteiger partial charge >= 0.3 is 0 Å². The van der Waals surface area contributed by atoms with Crippen molar-refractivity contribution in [3.8, 4) is 0 Å². The molecule has 2 N–H and O–H groups in total. The second kappa shape index (κ2) is 4.85. The molecule has 3 heteroatoms. The van der Waals surface area contributed by atoms with Gasteiger partial charge in [0.25, 0.3) is 0 Å². The third-order valence-corrected chi connectivity index (χ3v) is 2.29. The highest BCUT2D eigenvalue weighted by Crippen LogP contribution is 2.24. The predicted molar refractivity (Wildman–Crippen MR) is 58.2 cm³/mol. The Bertz CT molecular complexity index is 254. The third-order valence-electron chi connectivity index (χ3n) is 1.79. The van der Waals surface area contributed by atoms with Crippen LogP contribution in [-0.4, -0.2) is 6.04 Å². The summed E-state index contributed by atoms with van der Waals surface area (Å²) in [5.74, 6) is 0. The van der Waals surface area contributed by atoms with Crippen LogP contribution in [0, 0.1) is 0 Å². The Balaban J connectivity index is 2.70. The molecule has 1 rings (SSSR count). The summed E-state index contributed by atoms with van der Waals surface area (Å²) >= 11 is 11.4. The Kier molecular flexibility index (Phi) is 4.04. The first kappa shape index (κ1) is 10.8. The van der Waals surface area contributed by atoms with Crippen molar-refractivity contribution in [2.75, 3.05) is 0 Å². The fraction of sp³-hybridized carbons (Fsp3) is 0.400. The van der Waals surface area contributed by atoms with Crippen LogP contribution in [0.25, 0.3) is 0 Å². The summed E-state index contributed by atoms with van der Waals surface area (Å²) < 4.78 is 0. The van der Waals surface area contributed by atoms with Crippen LogP contribution in [-0.2, 0) is 6.42 Å². The van der Waals surface area contributed by atoms with Crippen LogP contribution in [0.4, 0.5) is 0 Å². The number of alkyl halides is 2. The second-order valence-electron chi connectivity index (χ2n) is 3.22. The summed E-state index contributed by atoms with van der Waals surface area (Å²) in [7, 11) is 0. The third kappa shape index (κ3) is 3.55. The highest BCUT2D eigenvalue weighted by atomic mass is 35.5. The van der Waals surface area contributed by atoms with E-state index in [1.165, 1.54) is 5.56 Å². The van der Waals surface area contributed by atoms with Crippen molar-refractivity contribution in [1.29, 1.82) is 0 Å². The first-order valence-electron chi connectivity index (χ1n) is 4.22. The van der Waals surface area contributed by atoms with Gasteiger partial charge in [-0.1, -0.05) is 24.3 Å². The second-order valence-corrected chi connectivity index (χ2v) is 4.32. The molecule has 0 aliphatic rings. The Morgan fingerprint density at radius 1 is 1.23 bits per heavy atom. The maximum atomic E-state index is 5.70. The Hall–Kier alpha value is -0.240. The molecule has 0 spiro atoms. The average molecular weight is 218 g/mol. The van der Waals surface area contributed by atoms with Gasteiger partial charge in [-0.2, -0.15) is 0 Å². The van der Waals surface area contributed by atoms with E-state index in [1.54, 1.807) is 0 Å². The normalized spacial score (nSPS) is 13.3. The Morgan fingerprint density at radius 2 is 1.77 bits per heavy atom. The molecule has 1 aromatic rings. The highest BCUT2D eigenvalue weighted by Gasteiger charge is 2.03. The van der Waals surface area contributed by atoms with Gasteiger partial charge in [0.2, 0.25) is 0 Å². The lowest BCUT2D eigenvalue weighted by molar-refractivity contribution is 0.738. The molecule has 13 heavy (non-hydrogen) atoms. The molecule has 1 aromatic carbocycles. The molecule has 0 amide bonds. The lowest BCUT2D eigenvalue weighted by atomic mass is 10.1. The molecule has 0 aliphatic carbocycles. The molecular weight excluding hydrogens is 205 g/mol. The number of halogens is 2. The Morgan fingerprint density at radius 3 is 2.15 bits per heavy atom. The van der Waals surface area contributed by atoms with Gasteiger partial charge in [0.05, 0.1) is 0 Å². The fourth-order valence-electron chi connectivity index (χ4n) is 1.17. The lowest BCUT2D eigenvalue weighted by Crippen LogP contribution is -2.17. The summed E-state index contributed by atoms with van der Waals surface area (Å²) in [5.41, 5.74) is 7.81. The monoisotopic (exact) mass is 217 g/mol. The van der Waals surface area contributed by atoms with Gasteiger partial charge in [0.1, 0.15) is 4.84 Å². The van der Waals surface area contributed by atoms with Crippen LogP contribution in [0.5, 0.6) is 0 Å². The number of nitrogens with two attached hydrogens (primary N) is 1. The van der Waals surface area contributed by atoms with Crippen molar-refractivity contribution in [3.05, 3.63) is 35.4 Å². The zero-order chi connectivity index (χ0) is 9.84. The van der Waals surface area contributed by atoms with Crippen molar-refractivity contribution in [2.45, 2.75) is 24.2 Å². The molecule has 0 aromatic heterocycles. The molecule has 0 saturated carbocycles. The first-order valence-corrected chi connectivity index (χ1v) is 5.09. The molecule has 1 nitrogen and oxygen atoms in total. The molecule has 0 fully saturated rings. The summed E-state index contributed by atoms with van der Waals surface area (Å²) in [4.78, 5) is -0.440. The van der Waals surface area contributed by atoms with Crippen LogP contribution in [0.2, 0.25) is 0 Å². The lowest BCUT2D eigenvalue weighted by Gasteiger charge is -2.06. The van der Waals surface area contributed by atoms with Gasteiger partial charge in [-0.15, -0.1) is 23.2 Å². The molecule has 0 heterocycles. The van der Waals surface area contributed by atoms with E-state index < -0.39 is 4.84 Å². The highest BCUT2D eigenvalue weighted by molar-refractivity contribution is 6.44. The smallest absolute Gasteiger partial charge is 0.132 e. The zero-order valence-electron chi connectivity index (χ0n) is 7.50. The first-order chi connectivity index (χ1) is 6.09. The van der Waals surface area contributed by atoms with Crippen molar-refractivity contribution in [3.63, 3.8) is 0 Å². The molecule has 72 valence electrons. The molecule has 0 aliphatic heterocycles. The van der Waals surface area contributed by atoms with Gasteiger partial charge in [0.15, 0.2) is 0 Å². The molecule has 1 unspecified atom stereocenters. The summed E-state index contributed by atoms with van der Waals surface area (Å²) in [5, 5.41) is 0. The molecule has 1 atom stereocenters. The van der Waals surface area contributed by atoms with E-state index in [1.807, 2.05) is 31.2 Å². The number of benzene rings is 1. The molecule has 0 bridgehead atoms. The maximum absolute atomic E-state index is 5.70. The minimum atomic E-state index is -0.440. The van der Waals surface area contributed by atoms with Gasteiger partial charge in [0, 0.05) is 6.04 Å². The van der Waals surface area contributed by atoms with Crippen LogP contribution < -0.4 is 5.73 Å². The quantitative estimate of drug-likeness (QED) is 0.775. The minimum Gasteiger partial charge on any atom is -0.328 e. The van der Waals surface area contributed by atoms with E-state index in [2.05, 4.69) is 0 Å². The van der Waals surface area contributed by atoms with Crippen molar-refractivity contribution >= 4 is 23.2 Å². The largest absolute Gasteiger partial charge is 0.328 e. The van der Waals surface area contributed by atoms with Crippen LogP contribution in [0.1, 0.15) is 22.9 Å². The topological polar surface area (TPSA) is 26.0 Å². The number of hydrogen-bond acceptors (Lipinski definition) is 1. The zero-order valence-corrected chi connectivity index (χ0v) is 9.02. The number of rotatable bonds is 3. The Labute approximate surface area is 88.8 Å². The molecular formula is C10H13Cl2N. The van der Waals surface area contributed by atoms with Gasteiger partial charge in [-0.3, -0.25) is 0 Å². The summed E-state index contributed by atoms with van der Waals surface area (Å²) in [6.45, 7) is 1.99. The van der Waals surface area contributed by atoms with Crippen LogP contribution >= 0.6 is 23.2 Å². The van der Waals surface area contributed by atoms with Gasteiger partial charge in [-0.05, 0) is 24.5 Å². The minimum absolute atomic E-state index is 0.189. The predicted octanol–water partition coefficient (Wildman–Crippen LogP) is 3.05. The van der Waals surface area contributed by atoms with Gasteiger partial charge < -0.3 is 5.73 Å². The van der Waals surface area contributed by atoms with E-state index in [4.69, 9.17) is 28.9 Å². The van der Waals surface area contributed by atoms with E-state index in [9.17, 15) is 0 Å². The summed E-state index contributed by atoms with van der Waals surface area (Å²) in [6.07, 6.45) is 0.884. The van der Waals surface area contributed by atoms with Crippen LogP contribution in [0.15, 0.2) is 24.3 Å². The van der Waals surface area contributed by atoms with E-state index >= 15 is 0 Å². The van der Waals surface area contributed by atoms with E-state index in [0.717, 1.165) is 12.0 Å². The summed E-state index contributed by atoms with van der Waals surface area (Å²) in [6, 6.07) is 8.08. The van der Waals surface area contributed by atoms with E-state index in [-0.39, 0.29) is 6.04 Å². The average Bonchev–Trinajstić information content (AvgIpc) is 2.04. The van der Waals surface area contributed by atoms with Crippen molar-refractivity contribution < 1.29 is 0 Å². The maximum Gasteiger partial charge on any atom is 0.132 e. The standard InChI is InChI=1S/C10H13Cl2N/c1-7(13)6-8-2-4-9(5-3-8)10(11)12/h2-5,7,10H,6,13H2,1H3. The van der Waals surface area contributed by atoms with Gasteiger partial charge in [-0.25, -0.2) is 0 Å².